The van der Waals surface area contributed by atoms with Crippen LogP contribution in [0.15, 0.2) is 78.9 Å². The summed E-state index contributed by atoms with van der Waals surface area (Å²) in [7, 11) is 2.14. The van der Waals surface area contributed by atoms with Gasteiger partial charge in [0, 0.05) is 49.5 Å². The van der Waals surface area contributed by atoms with Gasteiger partial charge in [0.2, 0.25) is 0 Å². The maximum atomic E-state index is 13.3. The Hall–Kier alpha value is -3.48. The molecule has 0 aromatic heterocycles. The summed E-state index contributed by atoms with van der Waals surface area (Å²) < 4.78 is 0. The van der Waals surface area contributed by atoms with Crippen LogP contribution in [0, 0.1) is 6.92 Å². The van der Waals surface area contributed by atoms with Crippen LogP contribution in [0.1, 0.15) is 37.9 Å². The van der Waals surface area contributed by atoms with Gasteiger partial charge in [-0.15, -0.1) is 0 Å². The first-order valence-corrected chi connectivity index (χ1v) is 11.7. The van der Waals surface area contributed by atoms with Gasteiger partial charge in [0.1, 0.15) is 0 Å². The van der Waals surface area contributed by atoms with Crippen molar-refractivity contribution in [2.75, 3.05) is 45.1 Å². The third-order valence-electron chi connectivity index (χ3n) is 6.33. The number of nitrogens with zero attached hydrogens (tertiary/aromatic N) is 2. The van der Waals surface area contributed by atoms with Crippen LogP contribution in [0.3, 0.4) is 0 Å². The van der Waals surface area contributed by atoms with E-state index in [-0.39, 0.29) is 17.9 Å². The minimum atomic E-state index is -0.196. The Morgan fingerprint density at radius 1 is 0.824 bits per heavy atom. The highest BCUT2D eigenvalue weighted by Crippen LogP contribution is 2.20. The molecule has 3 aromatic rings. The summed E-state index contributed by atoms with van der Waals surface area (Å²) in [5.41, 5.74) is 3.72. The van der Waals surface area contributed by atoms with Gasteiger partial charge in [-0.2, -0.15) is 0 Å². The fourth-order valence-electron chi connectivity index (χ4n) is 4.13. The van der Waals surface area contributed by atoms with Crippen LogP contribution < -0.4 is 10.6 Å². The lowest BCUT2D eigenvalue weighted by Gasteiger charge is -2.35. The van der Waals surface area contributed by atoms with Crippen molar-refractivity contribution in [3.05, 3.63) is 101 Å². The van der Waals surface area contributed by atoms with E-state index in [1.807, 2.05) is 49.4 Å². The van der Waals surface area contributed by atoms with Crippen molar-refractivity contribution < 1.29 is 9.59 Å². The second-order valence-corrected chi connectivity index (χ2v) is 8.89. The molecule has 1 aliphatic rings. The lowest BCUT2D eigenvalue weighted by Crippen LogP contribution is -2.47. The maximum absolute atomic E-state index is 13.3. The zero-order chi connectivity index (χ0) is 23.9. The molecule has 1 heterocycles. The summed E-state index contributed by atoms with van der Waals surface area (Å²) in [6, 6.07) is 24.5. The molecule has 3 aromatic carbocycles. The van der Waals surface area contributed by atoms with Crippen LogP contribution in [0.2, 0.25) is 0 Å². The van der Waals surface area contributed by atoms with Gasteiger partial charge in [0.15, 0.2) is 0 Å². The van der Waals surface area contributed by atoms with Gasteiger partial charge in [-0.1, -0.05) is 54.6 Å². The highest BCUT2D eigenvalue weighted by molar-refractivity contribution is 6.05. The molecule has 0 radical (unpaired) electrons. The summed E-state index contributed by atoms with van der Waals surface area (Å²) in [5.74, 6) is -0.350. The van der Waals surface area contributed by atoms with E-state index in [0.29, 0.717) is 16.8 Å². The molecular weight excluding hydrogens is 424 g/mol. The summed E-state index contributed by atoms with van der Waals surface area (Å²) >= 11 is 0. The summed E-state index contributed by atoms with van der Waals surface area (Å²) in [5, 5.41) is 6.18. The highest BCUT2D eigenvalue weighted by atomic mass is 16.2. The molecule has 6 nitrogen and oxygen atoms in total. The van der Waals surface area contributed by atoms with Gasteiger partial charge in [-0.05, 0) is 49.4 Å². The molecule has 2 N–H and O–H groups in total. The summed E-state index contributed by atoms with van der Waals surface area (Å²) in [4.78, 5) is 30.6. The summed E-state index contributed by atoms with van der Waals surface area (Å²) in [6.45, 7) is 6.69. The van der Waals surface area contributed by atoms with Crippen LogP contribution in [0.25, 0.3) is 0 Å². The number of nitrogens with one attached hydrogen (secondary N) is 2. The third-order valence-corrected chi connectivity index (χ3v) is 6.33. The van der Waals surface area contributed by atoms with Gasteiger partial charge in [0.05, 0.1) is 6.04 Å². The molecule has 0 saturated carbocycles. The molecular formula is C28H32N4O2. The number of rotatable bonds is 7. The number of carbonyl (C=O) groups is 2. The van der Waals surface area contributed by atoms with Gasteiger partial charge >= 0.3 is 0 Å². The zero-order valence-corrected chi connectivity index (χ0v) is 19.8. The first kappa shape index (κ1) is 23.7. The Kier molecular flexibility index (Phi) is 7.72. The molecule has 1 unspecified atom stereocenters. The van der Waals surface area contributed by atoms with Crippen molar-refractivity contribution in [2.45, 2.75) is 13.0 Å². The lowest BCUT2D eigenvalue weighted by molar-refractivity contribution is 0.0906. The smallest absolute Gasteiger partial charge is 0.255 e. The molecule has 176 valence electrons. The number of amides is 2. The van der Waals surface area contributed by atoms with E-state index in [0.717, 1.165) is 43.9 Å². The van der Waals surface area contributed by atoms with Crippen molar-refractivity contribution in [1.29, 1.82) is 0 Å². The second-order valence-electron chi connectivity index (χ2n) is 8.89. The van der Waals surface area contributed by atoms with Crippen molar-refractivity contribution >= 4 is 17.5 Å². The first-order chi connectivity index (χ1) is 16.5. The van der Waals surface area contributed by atoms with Crippen LogP contribution >= 0.6 is 0 Å². The molecule has 4 rings (SSSR count). The van der Waals surface area contributed by atoms with E-state index in [1.54, 1.807) is 24.3 Å². The quantitative estimate of drug-likeness (QED) is 0.565. The average Bonchev–Trinajstić information content (AvgIpc) is 2.87. The zero-order valence-electron chi connectivity index (χ0n) is 19.8. The van der Waals surface area contributed by atoms with Gasteiger partial charge < -0.3 is 15.5 Å². The van der Waals surface area contributed by atoms with E-state index in [2.05, 4.69) is 39.6 Å². The Morgan fingerprint density at radius 3 is 2.15 bits per heavy atom. The number of anilines is 1. The SMILES string of the molecule is Cc1ccc(C(=O)NC(CN2CCN(C)CC2)c2ccccc2)cc1NC(=O)c1ccccc1. The van der Waals surface area contributed by atoms with Gasteiger partial charge in [-0.25, -0.2) is 0 Å². The standard InChI is InChI=1S/C28H32N4O2/c1-21-13-14-24(19-25(21)29-27(33)23-11-7-4-8-12-23)28(34)30-26(22-9-5-3-6-10-22)20-32-17-15-31(2)16-18-32/h3-14,19,26H,15-18,20H2,1-2H3,(H,29,33)(H,30,34). The molecule has 2 amide bonds. The number of carbonyl (C=O) groups excluding carboxylic acids is 2. The first-order valence-electron chi connectivity index (χ1n) is 11.7. The van der Waals surface area contributed by atoms with Crippen LogP contribution in [-0.4, -0.2) is 61.4 Å². The van der Waals surface area contributed by atoms with E-state index in [1.165, 1.54) is 0 Å². The molecule has 1 aliphatic heterocycles. The number of hydrogen-bond donors (Lipinski definition) is 2. The van der Waals surface area contributed by atoms with Crippen molar-refractivity contribution in [1.82, 2.24) is 15.1 Å². The van der Waals surface area contributed by atoms with Crippen molar-refractivity contribution in [3.63, 3.8) is 0 Å². The molecule has 1 atom stereocenters. The highest BCUT2D eigenvalue weighted by Gasteiger charge is 2.22. The fourth-order valence-corrected chi connectivity index (χ4v) is 4.13. The van der Waals surface area contributed by atoms with Crippen LogP contribution in [-0.2, 0) is 0 Å². The van der Waals surface area contributed by atoms with E-state index in [4.69, 9.17) is 0 Å². The minimum Gasteiger partial charge on any atom is -0.344 e. The maximum Gasteiger partial charge on any atom is 0.255 e. The van der Waals surface area contributed by atoms with E-state index >= 15 is 0 Å². The Balaban J connectivity index is 1.49. The Bertz CT molecular complexity index is 1110. The normalized spacial score (nSPS) is 15.5. The van der Waals surface area contributed by atoms with Crippen LogP contribution in [0.5, 0.6) is 0 Å². The predicted octanol–water partition coefficient (Wildman–Crippen LogP) is 3.97. The van der Waals surface area contributed by atoms with Crippen molar-refractivity contribution in [2.24, 2.45) is 0 Å². The van der Waals surface area contributed by atoms with Crippen LogP contribution in [0.4, 0.5) is 5.69 Å². The van der Waals surface area contributed by atoms with E-state index in [9.17, 15) is 9.59 Å². The van der Waals surface area contributed by atoms with E-state index < -0.39 is 0 Å². The Labute approximate surface area is 201 Å². The molecule has 1 saturated heterocycles. The number of piperazine rings is 1. The monoisotopic (exact) mass is 456 g/mol. The fraction of sp³-hybridized carbons (Fsp3) is 0.286. The van der Waals surface area contributed by atoms with Gasteiger partial charge in [0.25, 0.3) is 11.8 Å². The lowest BCUT2D eigenvalue weighted by atomic mass is 10.0. The molecule has 0 bridgehead atoms. The number of aryl methyl sites for hydroxylation is 1. The largest absolute Gasteiger partial charge is 0.344 e. The number of benzene rings is 3. The summed E-state index contributed by atoms with van der Waals surface area (Å²) in [6.07, 6.45) is 0. The Morgan fingerprint density at radius 2 is 1.47 bits per heavy atom. The molecule has 6 heteroatoms. The second kappa shape index (κ2) is 11.1. The number of likely N-dealkylation sites (N-methyl/N-ethyl adjacent to an activating group) is 1. The molecule has 0 aliphatic carbocycles. The van der Waals surface area contributed by atoms with Crippen molar-refractivity contribution in [3.8, 4) is 0 Å². The third kappa shape index (κ3) is 6.10. The predicted molar refractivity (Wildman–Crippen MR) is 136 cm³/mol. The topological polar surface area (TPSA) is 64.7 Å². The van der Waals surface area contributed by atoms with Gasteiger partial charge in [-0.3, -0.25) is 14.5 Å². The average molecular weight is 457 g/mol. The molecule has 1 fully saturated rings. The number of hydrogen-bond acceptors (Lipinski definition) is 4. The molecule has 0 spiro atoms. The molecule has 34 heavy (non-hydrogen) atoms. The minimum absolute atomic E-state index is 0.124.